The number of benzene rings is 1. The Kier molecular flexibility index (Phi) is 8.10. The fraction of sp³-hybridized carbons (Fsp3) is 0.333. The van der Waals surface area contributed by atoms with E-state index in [2.05, 4.69) is 15.3 Å². The van der Waals surface area contributed by atoms with Crippen molar-refractivity contribution in [1.29, 1.82) is 0 Å². The summed E-state index contributed by atoms with van der Waals surface area (Å²) in [7, 11) is 0. The summed E-state index contributed by atoms with van der Waals surface area (Å²) in [5, 5.41) is 3.06. The van der Waals surface area contributed by atoms with Crippen LogP contribution in [0.3, 0.4) is 0 Å². The van der Waals surface area contributed by atoms with Gasteiger partial charge in [-0.25, -0.2) is 4.39 Å². The van der Waals surface area contributed by atoms with Crippen molar-refractivity contribution in [2.45, 2.75) is 25.7 Å². The quantitative estimate of drug-likeness (QED) is 0.410. The molecule has 0 fully saturated rings. The first-order chi connectivity index (χ1) is 11.0. The van der Waals surface area contributed by atoms with Crippen LogP contribution in [0.15, 0.2) is 53.7 Å². The minimum atomic E-state index is -0.418. The second kappa shape index (κ2) is 9.56. The molecule has 130 valence electrons. The number of aromatic nitrogens is 1. The highest BCUT2D eigenvalue weighted by molar-refractivity contribution is 14.0. The van der Waals surface area contributed by atoms with Gasteiger partial charge in [0, 0.05) is 30.3 Å². The van der Waals surface area contributed by atoms with Crippen molar-refractivity contribution in [3.8, 4) is 0 Å². The Labute approximate surface area is 159 Å². The lowest BCUT2D eigenvalue weighted by Gasteiger charge is -2.23. The van der Waals surface area contributed by atoms with E-state index >= 15 is 0 Å². The van der Waals surface area contributed by atoms with Gasteiger partial charge in [0.25, 0.3) is 0 Å². The summed E-state index contributed by atoms with van der Waals surface area (Å²) < 4.78 is 13.9. The summed E-state index contributed by atoms with van der Waals surface area (Å²) in [5.74, 6) is 0.153. The van der Waals surface area contributed by atoms with Crippen molar-refractivity contribution in [3.05, 3.63) is 65.7 Å². The molecule has 0 aliphatic carbocycles. The summed E-state index contributed by atoms with van der Waals surface area (Å²) in [6.45, 7) is 4.98. The summed E-state index contributed by atoms with van der Waals surface area (Å²) in [4.78, 5) is 8.59. The van der Waals surface area contributed by atoms with Crippen LogP contribution < -0.4 is 11.1 Å². The minimum absolute atomic E-state index is 0. The normalized spacial score (nSPS) is 11.7. The molecule has 1 aromatic carbocycles. The van der Waals surface area contributed by atoms with Crippen LogP contribution in [-0.2, 0) is 11.8 Å². The van der Waals surface area contributed by atoms with E-state index in [1.165, 1.54) is 6.07 Å². The SMILES string of the molecule is CC(C)(CN=C(N)NCCc1ccccn1)c1ccccc1F.I. The van der Waals surface area contributed by atoms with Crippen LogP contribution in [0.5, 0.6) is 0 Å². The zero-order valence-electron chi connectivity index (χ0n) is 14.0. The van der Waals surface area contributed by atoms with Gasteiger partial charge in [-0.1, -0.05) is 38.1 Å². The largest absolute Gasteiger partial charge is 0.370 e. The molecule has 24 heavy (non-hydrogen) atoms. The minimum Gasteiger partial charge on any atom is -0.370 e. The molecule has 0 atom stereocenters. The molecule has 0 unspecified atom stereocenters. The van der Waals surface area contributed by atoms with Crippen molar-refractivity contribution in [2.24, 2.45) is 10.7 Å². The summed E-state index contributed by atoms with van der Waals surface area (Å²) in [6, 6.07) is 12.6. The number of pyridine rings is 1. The topological polar surface area (TPSA) is 63.3 Å². The standard InChI is InChI=1S/C18H23FN4.HI/c1-18(2,15-8-3-4-9-16(15)19)13-23-17(20)22-12-10-14-7-5-6-11-21-14;/h3-9,11H,10,12-13H2,1-2H3,(H3,20,22,23);1H. The smallest absolute Gasteiger partial charge is 0.188 e. The van der Waals surface area contributed by atoms with Gasteiger partial charge in [-0.2, -0.15) is 0 Å². The van der Waals surface area contributed by atoms with Gasteiger partial charge < -0.3 is 11.1 Å². The van der Waals surface area contributed by atoms with Crippen LogP contribution in [0, 0.1) is 5.82 Å². The van der Waals surface area contributed by atoms with E-state index in [9.17, 15) is 4.39 Å². The molecule has 0 amide bonds. The maximum atomic E-state index is 13.9. The highest BCUT2D eigenvalue weighted by Gasteiger charge is 2.23. The molecule has 2 aromatic rings. The van der Waals surface area contributed by atoms with Crippen molar-refractivity contribution in [3.63, 3.8) is 0 Å². The molecule has 0 aliphatic heterocycles. The van der Waals surface area contributed by atoms with Crippen LogP contribution in [0.1, 0.15) is 25.1 Å². The van der Waals surface area contributed by atoms with Gasteiger partial charge in [-0.3, -0.25) is 9.98 Å². The number of hydrogen-bond donors (Lipinski definition) is 2. The molecule has 0 radical (unpaired) electrons. The van der Waals surface area contributed by atoms with Crippen molar-refractivity contribution in [1.82, 2.24) is 10.3 Å². The van der Waals surface area contributed by atoms with Crippen LogP contribution in [0.25, 0.3) is 0 Å². The van der Waals surface area contributed by atoms with E-state index in [-0.39, 0.29) is 29.8 Å². The number of hydrogen-bond acceptors (Lipinski definition) is 2. The molecule has 1 aromatic heterocycles. The molecule has 3 N–H and O–H groups in total. The third-order valence-corrected chi connectivity index (χ3v) is 3.66. The van der Waals surface area contributed by atoms with E-state index in [4.69, 9.17) is 5.73 Å². The fourth-order valence-electron chi connectivity index (χ4n) is 2.30. The average Bonchev–Trinajstić information content (AvgIpc) is 2.54. The lowest BCUT2D eigenvalue weighted by atomic mass is 9.84. The van der Waals surface area contributed by atoms with E-state index in [1.807, 2.05) is 38.1 Å². The zero-order chi connectivity index (χ0) is 16.7. The third-order valence-electron chi connectivity index (χ3n) is 3.66. The van der Waals surface area contributed by atoms with Gasteiger partial charge in [0.05, 0.1) is 6.54 Å². The Morgan fingerprint density at radius 3 is 2.58 bits per heavy atom. The van der Waals surface area contributed by atoms with Crippen LogP contribution in [0.2, 0.25) is 0 Å². The molecule has 6 heteroatoms. The third kappa shape index (κ3) is 6.07. The molecule has 0 saturated heterocycles. The molecule has 4 nitrogen and oxygen atoms in total. The molecule has 0 aliphatic rings. The second-order valence-corrected chi connectivity index (χ2v) is 6.06. The lowest BCUT2D eigenvalue weighted by Crippen LogP contribution is -2.35. The van der Waals surface area contributed by atoms with Crippen molar-refractivity contribution >= 4 is 29.9 Å². The Hall–Kier alpha value is -1.70. The Balaban J connectivity index is 0.00000288. The predicted molar refractivity (Wildman–Crippen MR) is 107 cm³/mol. The average molecular weight is 442 g/mol. The van der Waals surface area contributed by atoms with Crippen LogP contribution in [-0.4, -0.2) is 24.0 Å². The van der Waals surface area contributed by atoms with Crippen LogP contribution in [0.4, 0.5) is 4.39 Å². The Morgan fingerprint density at radius 2 is 1.92 bits per heavy atom. The van der Waals surface area contributed by atoms with Crippen LogP contribution >= 0.6 is 24.0 Å². The number of nitrogens with two attached hydrogens (primary N) is 1. The fourth-order valence-corrected chi connectivity index (χ4v) is 2.30. The highest BCUT2D eigenvalue weighted by atomic mass is 127. The molecular formula is C18H24FIN4. The highest BCUT2D eigenvalue weighted by Crippen LogP contribution is 2.25. The number of nitrogens with zero attached hydrogens (tertiary/aromatic N) is 2. The first kappa shape index (κ1) is 20.3. The van der Waals surface area contributed by atoms with Gasteiger partial charge in [0.1, 0.15) is 5.82 Å². The summed E-state index contributed by atoms with van der Waals surface area (Å²) in [6.07, 6.45) is 2.54. The van der Waals surface area contributed by atoms with Gasteiger partial charge in [-0.05, 0) is 23.8 Å². The Morgan fingerprint density at radius 1 is 1.21 bits per heavy atom. The lowest BCUT2D eigenvalue weighted by molar-refractivity contribution is 0.493. The molecule has 0 saturated carbocycles. The van der Waals surface area contributed by atoms with E-state index in [1.54, 1.807) is 18.3 Å². The number of halogens is 2. The van der Waals surface area contributed by atoms with E-state index in [0.29, 0.717) is 24.6 Å². The maximum absolute atomic E-state index is 13.9. The molecular weight excluding hydrogens is 418 g/mol. The maximum Gasteiger partial charge on any atom is 0.188 e. The number of guanidine groups is 1. The number of rotatable bonds is 6. The van der Waals surface area contributed by atoms with Gasteiger partial charge in [0.15, 0.2) is 5.96 Å². The molecule has 1 heterocycles. The van der Waals surface area contributed by atoms with Gasteiger partial charge in [-0.15, -0.1) is 24.0 Å². The molecule has 0 spiro atoms. The number of nitrogens with one attached hydrogen (secondary N) is 1. The van der Waals surface area contributed by atoms with E-state index < -0.39 is 5.41 Å². The Bertz CT molecular complexity index is 659. The predicted octanol–water partition coefficient (Wildman–Crippen LogP) is 3.26. The summed E-state index contributed by atoms with van der Waals surface area (Å²) in [5.41, 5.74) is 7.11. The number of aliphatic imine (C=N–C) groups is 1. The van der Waals surface area contributed by atoms with Gasteiger partial charge >= 0.3 is 0 Å². The first-order valence-electron chi connectivity index (χ1n) is 7.68. The van der Waals surface area contributed by atoms with E-state index in [0.717, 1.165) is 12.1 Å². The molecule has 2 rings (SSSR count). The molecule has 0 bridgehead atoms. The van der Waals surface area contributed by atoms with Gasteiger partial charge in [0.2, 0.25) is 0 Å². The van der Waals surface area contributed by atoms with Crippen molar-refractivity contribution < 1.29 is 4.39 Å². The first-order valence-corrected chi connectivity index (χ1v) is 7.68. The monoisotopic (exact) mass is 442 g/mol. The second-order valence-electron chi connectivity index (χ2n) is 6.06. The summed E-state index contributed by atoms with van der Waals surface area (Å²) >= 11 is 0. The van der Waals surface area contributed by atoms with Crippen molar-refractivity contribution in [2.75, 3.05) is 13.1 Å². The zero-order valence-corrected chi connectivity index (χ0v) is 16.3.